The molecule has 3 heterocycles. The number of aliphatic hydroxyl groups is 2. The first-order chi connectivity index (χ1) is 10.2. The molecule has 0 aromatic carbocycles. The number of nitrogens with two attached hydrogens (primary N) is 1. The zero-order valence-electron chi connectivity index (χ0n) is 11.5. The molecule has 1 saturated heterocycles. The van der Waals surface area contributed by atoms with Gasteiger partial charge in [-0.2, -0.15) is 0 Å². The van der Waals surface area contributed by atoms with Crippen LogP contribution in [0.3, 0.4) is 0 Å². The Kier molecular flexibility index (Phi) is 3.10. The van der Waals surface area contributed by atoms with Gasteiger partial charge in [0.25, 0.3) is 5.85 Å². The molecule has 1 aromatic rings. The number of Topliss-reactive ketones (excluding diaryl/α,β-unsaturated/α-hetero) is 1. The fourth-order valence-corrected chi connectivity index (χ4v) is 2.63. The number of halogens is 2. The molecule has 120 valence electrons. The molecule has 0 bridgehead atoms. The summed E-state index contributed by atoms with van der Waals surface area (Å²) < 4.78 is 34.8. The summed E-state index contributed by atoms with van der Waals surface area (Å²) in [4.78, 5) is 19.5. The maximum Gasteiger partial charge on any atom is 0.263 e. The molecular formula is C12H14F2N4O4. The molecular weight excluding hydrogens is 302 g/mol. The van der Waals surface area contributed by atoms with Gasteiger partial charge in [0.1, 0.15) is 12.4 Å². The fraction of sp³-hybridized carbons (Fsp3) is 0.583. The van der Waals surface area contributed by atoms with Crippen LogP contribution in [0.15, 0.2) is 11.3 Å². The lowest BCUT2D eigenvalue weighted by molar-refractivity contribution is -0.206. The van der Waals surface area contributed by atoms with Crippen molar-refractivity contribution in [2.75, 3.05) is 6.61 Å². The van der Waals surface area contributed by atoms with Gasteiger partial charge in [0.05, 0.1) is 12.7 Å². The van der Waals surface area contributed by atoms with Crippen molar-refractivity contribution in [1.29, 1.82) is 0 Å². The van der Waals surface area contributed by atoms with E-state index in [1.165, 1.54) is 0 Å². The van der Waals surface area contributed by atoms with Crippen molar-refractivity contribution in [2.45, 2.75) is 37.2 Å². The van der Waals surface area contributed by atoms with Crippen LogP contribution in [-0.4, -0.2) is 55.6 Å². The van der Waals surface area contributed by atoms with Crippen LogP contribution in [-0.2, 0) is 4.74 Å². The van der Waals surface area contributed by atoms with Crippen LogP contribution in [0.1, 0.15) is 30.1 Å². The van der Waals surface area contributed by atoms with Crippen LogP contribution in [0.2, 0.25) is 0 Å². The highest BCUT2D eigenvalue weighted by Crippen LogP contribution is 2.49. The minimum absolute atomic E-state index is 0.00651. The summed E-state index contributed by atoms with van der Waals surface area (Å²) in [6, 6.07) is 0. The van der Waals surface area contributed by atoms with E-state index in [0.717, 1.165) is 17.8 Å². The molecule has 0 radical (unpaired) electrons. The summed E-state index contributed by atoms with van der Waals surface area (Å²) in [5.41, 5.74) is 2.91. The highest BCUT2D eigenvalue weighted by Gasteiger charge is 2.64. The molecule has 4 atom stereocenters. The molecule has 4 N–H and O–H groups in total. The number of ketones is 1. The lowest BCUT2D eigenvalue weighted by Crippen LogP contribution is -2.46. The van der Waals surface area contributed by atoms with Crippen molar-refractivity contribution < 1.29 is 28.5 Å². The number of nitrogens with zero attached hydrogens (tertiary/aromatic N) is 3. The summed E-state index contributed by atoms with van der Waals surface area (Å²) in [6.45, 7) is -0.311. The van der Waals surface area contributed by atoms with E-state index < -0.39 is 36.2 Å². The van der Waals surface area contributed by atoms with Crippen LogP contribution < -0.4 is 5.73 Å². The number of aliphatic hydroxyl groups excluding tert-OH is 2. The summed E-state index contributed by atoms with van der Waals surface area (Å²) in [6.07, 6.45) is -2.95. The topological polar surface area (TPSA) is 123 Å². The van der Waals surface area contributed by atoms with E-state index in [1.54, 1.807) is 0 Å². The van der Waals surface area contributed by atoms with E-state index in [-0.39, 0.29) is 23.8 Å². The number of carbonyl (C=O) groups is 1. The third kappa shape index (κ3) is 1.87. The number of rotatable bonds is 2. The van der Waals surface area contributed by atoms with Gasteiger partial charge < -0.3 is 20.7 Å². The van der Waals surface area contributed by atoms with E-state index in [0.29, 0.717) is 0 Å². The highest BCUT2D eigenvalue weighted by molar-refractivity contribution is 6.13. The Morgan fingerprint density at radius 2 is 2.27 bits per heavy atom. The Balaban J connectivity index is 2.09. The predicted molar refractivity (Wildman–Crippen MR) is 69.0 cm³/mol. The predicted octanol–water partition coefficient (Wildman–Crippen LogP) is -0.266. The average Bonchev–Trinajstić information content (AvgIpc) is 2.93. The monoisotopic (exact) mass is 316 g/mol. The molecule has 0 saturated carbocycles. The zero-order valence-corrected chi connectivity index (χ0v) is 11.5. The summed E-state index contributed by atoms with van der Waals surface area (Å²) >= 11 is 0. The van der Waals surface area contributed by atoms with Gasteiger partial charge in [0.15, 0.2) is 35.3 Å². The van der Waals surface area contributed by atoms with Crippen molar-refractivity contribution in [3.05, 3.63) is 12.0 Å². The number of hydrogen-bond donors (Lipinski definition) is 3. The molecule has 2 aliphatic rings. The van der Waals surface area contributed by atoms with Crippen LogP contribution in [0, 0.1) is 0 Å². The van der Waals surface area contributed by atoms with Gasteiger partial charge >= 0.3 is 0 Å². The Morgan fingerprint density at radius 3 is 2.86 bits per heavy atom. The molecule has 2 aliphatic heterocycles. The molecule has 0 unspecified atom stereocenters. The highest BCUT2D eigenvalue weighted by atomic mass is 19.2. The summed E-state index contributed by atoms with van der Waals surface area (Å²) in [7, 11) is 0. The smallest absolute Gasteiger partial charge is 0.263 e. The third-order valence-corrected chi connectivity index (χ3v) is 3.82. The molecule has 22 heavy (non-hydrogen) atoms. The van der Waals surface area contributed by atoms with Crippen molar-refractivity contribution in [3.8, 4) is 0 Å². The number of hydrogen-bond acceptors (Lipinski definition) is 7. The molecule has 3 rings (SSSR count). The van der Waals surface area contributed by atoms with Gasteiger partial charge in [0, 0.05) is 0 Å². The normalized spacial score (nSPS) is 38.0. The second-order valence-electron chi connectivity index (χ2n) is 5.50. The van der Waals surface area contributed by atoms with Crippen LogP contribution >= 0.6 is 0 Å². The van der Waals surface area contributed by atoms with Gasteiger partial charge in [-0.15, -0.1) is 0 Å². The van der Waals surface area contributed by atoms with E-state index in [1.807, 2.05) is 0 Å². The standard InChI is InChI=1S/C12H14F2N4O4/c1-11(13)9(21)12(14,3-19)22-10(11)18-4-16-7-5(20)2-6(15)17-8(7)18/h4,9-10,19,21H,2-3H2,1H3,(H2,15,17)/t9-,10+,11+,12+/m0/s1. The van der Waals surface area contributed by atoms with E-state index in [2.05, 4.69) is 9.98 Å². The molecule has 0 spiro atoms. The largest absolute Gasteiger partial charge is 0.390 e. The van der Waals surface area contributed by atoms with Gasteiger partial charge in [0.2, 0.25) is 0 Å². The maximum atomic E-state index is 14.7. The minimum Gasteiger partial charge on any atom is -0.390 e. The first-order valence-electron chi connectivity index (χ1n) is 6.48. The molecule has 1 fully saturated rings. The SMILES string of the molecule is C[C@]1(F)[C@H](n2cnc3c2N=C(N)CC3=O)O[C@](F)(CO)[C@H]1O. The van der Waals surface area contributed by atoms with Crippen LogP contribution in [0.5, 0.6) is 0 Å². The zero-order chi connectivity index (χ0) is 16.3. The third-order valence-electron chi connectivity index (χ3n) is 3.82. The van der Waals surface area contributed by atoms with Gasteiger partial charge in [-0.25, -0.2) is 18.8 Å². The number of ether oxygens (including phenoxy) is 1. The number of aromatic nitrogens is 2. The van der Waals surface area contributed by atoms with Gasteiger partial charge in [-0.3, -0.25) is 9.36 Å². The molecule has 0 amide bonds. The van der Waals surface area contributed by atoms with Crippen molar-refractivity contribution in [2.24, 2.45) is 10.7 Å². The number of alkyl halides is 2. The Labute approximate surface area is 123 Å². The number of carbonyl (C=O) groups excluding carboxylic acids is 1. The first kappa shape index (κ1) is 15.0. The molecule has 10 heteroatoms. The van der Waals surface area contributed by atoms with Gasteiger partial charge in [-0.1, -0.05) is 0 Å². The van der Waals surface area contributed by atoms with Crippen molar-refractivity contribution in [1.82, 2.24) is 9.55 Å². The lowest BCUT2D eigenvalue weighted by Gasteiger charge is -2.25. The first-order valence-corrected chi connectivity index (χ1v) is 6.48. The average molecular weight is 316 g/mol. The molecule has 1 aromatic heterocycles. The van der Waals surface area contributed by atoms with Crippen molar-refractivity contribution >= 4 is 17.4 Å². The lowest BCUT2D eigenvalue weighted by atomic mass is 9.97. The van der Waals surface area contributed by atoms with Crippen LogP contribution in [0.25, 0.3) is 0 Å². The van der Waals surface area contributed by atoms with Crippen molar-refractivity contribution in [3.63, 3.8) is 0 Å². The van der Waals surface area contributed by atoms with E-state index >= 15 is 0 Å². The Morgan fingerprint density at radius 1 is 1.59 bits per heavy atom. The minimum atomic E-state index is -2.97. The summed E-state index contributed by atoms with van der Waals surface area (Å²) in [5, 5.41) is 18.8. The number of fused-ring (bicyclic) bond motifs is 1. The van der Waals surface area contributed by atoms with E-state index in [4.69, 9.17) is 15.6 Å². The second-order valence-corrected chi connectivity index (χ2v) is 5.50. The number of aliphatic imine (C=N–C) groups is 1. The van der Waals surface area contributed by atoms with E-state index in [9.17, 15) is 18.7 Å². The quantitative estimate of drug-likeness (QED) is 0.690. The fourth-order valence-electron chi connectivity index (χ4n) is 2.63. The maximum absolute atomic E-state index is 14.7. The number of imidazole rings is 1. The Hall–Kier alpha value is -1.91. The second kappa shape index (κ2) is 4.54. The number of amidine groups is 1. The van der Waals surface area contributed by atoms with Gasteiger partial charge in [-0.05, 0) is 6.92 Å². The molecule has 0 aliphatic carbocycles. The molecule has 8 nitrogen and oxygen atoms in total. The summed E-state index contributed by atoms with van der Waals surface area (Å²) in [5.74, 6) is -3.45. The Bertz CT molecular complexity index is 674. The van der Waals surface area contributed by atoms with Crippen LogP contribution in [0.4, 0.5) is 14.6 Å².